The highest BCUT2D eigenvalue weighted by Crippen LogP contribution is 2.20. The standard InChI is InChI=1S/C20H28N4O3.HI/c1-4-11-26-18-13-15(2)7-8-16(18)14-24-20(21-3)23-10-9-22-19(25)17-6-5-12-27-17;/h5-8,12-13H,4,9-11,14H2,1-3H3,(H,22,25)(H2,21,23,24);1H. The summed E-state index contributed by atoms with van der Waals surface area (Å²) in [6, 6.07) is 9.49. The largest absolute Gasteiger partial charge is 0.493 e. The van der Waals surface area contributed by atoms with Crippen molar-refractivity contribution in [2.75, 3.05) is 26.7 Å². The number of rotatable bonds is 9. The molecule has 7 nitrogen and oxygen atoms in total. The highest BCUT2D eigenvalue weighted by atomic mass is 127. The van der Waals surface area contributed by atoms with Crippen molar-refractivity contribution in [3.05, 3.63) is 53.5 Å². The molecule has 2 aromatic rings. The third-order valence-corrected chi connectivity index (χ3v) is 3.80. The molecule has 0 fully saturated rings. The van der Waals surface area contributed by atoms with Gasteiger partial charge in [-0.1, -0.05) is 19.1 Å². The maximum Gasteiger partial charge on any atom is 0.287 e. The summed E-state index contributed by atoms with van der Waals surface area (Å²) in [4.78, 5) is 16.0. The third kappa shape index (κ3) is 7.79. The molecule has 0 spiro atoms. The second kappa shape index (κ2) is 13.0. The summed E-state index contributed by atoms with van der Waals surface area (Å²) in [5, 5.41) is 9.21. The van der Waals surface area contributed by atoms with Crippen molar-refractivity contribution in [3.63, 3.8) is 0 Å². The minimum absolute atomic E-state index is 0. The van der Waals surface area contributed by atoms with E-state index < -0.39 is 0 Å². The van der Waals surface area contributed by atoms with E-state index in [4.69, 9.17) is 9.15 Å². The van der Waals surface area contributed by atoms with E-state index in [1.165, 1.54) is 11.8 Å². The molecule has 0 unspecified atom stereocenters. The van der Waals surface area contributed by atoms with Gasteiger partial charge in [0.15, 0.2) is 11.7 Å². The Balaban J connectivity index is 0.00000392. The van der Waals surface area contributed by atoms with Gasteiger partial charge in [-0.05, 0) is 37.1 Å². The molecular formula is C20H29IN4O3. The van der Waals surface area contributed by atoms with Crippen molar-refractivity contribution in [2.45, 2.75) is 26.8 Å². The van der Waals surface area contributed by atoms with Crippen molar-refractivity contribution in [3.8, 4) is 5.75 Å². The van der Waals surface area contributed by atoms with Crippen LogP contribution in [0.2, 0.25) is 0 Å². The van der Waals surface area contributed by atoms with Crippen LogP contribution in [-0.4, -0.2) is 38.6 Å². The Labute approximate surface area is 183 Å². The van der Waals surface area contributed by atoms with Crippen molar-refractivity contribution in [2.24, 2.45) is 4.99 Å². The van der Waals surface area contributed by atoms with Gasteiger partial charge in [0.2, 0.25) is 0 Å². The number of carbonyl (C=O) groups excluding carboxylic acids is 1. The van der Waals surface area contributed by atoms with Crippen LogP contribution in [0.1, 0.15) is 35.0 Å². The number of carbonyl (C=O) groups is 1. The minimum Gasteiger partial charge on any atom is -0.493 e. The van der Waals surface area contributed by atoms with Crippen LogP contribution in [0.25, 0.3) is 0 Å². The third-order valence-electron chi connectivity index (χ3n) is 3.80. The number of aryl methyl sites for hydroxylation is 1. The number of guanidine groups is 1. The average molecular weight is 500 g/mol. The molecule has 2 rings (SSSR count). The number of nitrogens with one attached hydrogen (secondary N) is 3. The molecule has 0 bridgehead atoms. The van der Waals surface area contributed by atoms with Crippen LogP contribution in [0, 0.1) is 6.92 Å². The zero-order valence-corrected chi connectivity index (χ0v) is 18.9. The first-order chi connectivity index (χ1) is 13.1. The SMILES string of the molecule is CCCOc1cc(C)ccc1CNC(=NC)NCCNC(=O)c1ccco1.I. The molecule has 0 radical (unpaired) electrons. The van der Waals surface area contributed by atoms with Gasteiger partial charge in [-0.3, -0.25) is 9.79 Å². The van der Waals surface area contributed by atoms with E-state index in [9.17, 15) is 4.79 Å². The number of furan rings is 1. The van der Waals surface area contributed by atoms with Crippen LogP contribution in [-0.2, 0) is 6.54 Å². The Morgan fingerprint density at radius 3 is 2.64 bits per heavy atom. The van der Waals surface area contributed by atoms with E-state index in [1.807, 2.05) is 13.0 Å². The Bertz CT molecular complexity index is 748. The predicted molar refractivity (Wildman–Crippen MR) is 122 cm³/mol. The van der Waals surface area contributed by atoms with Crippen LogP contribution in [0.15, 0.2) is 46.0 Å². The van der Waals surface area contributed by atoms with E-state index in [0.717, 1.165) is 17.7 Å². The van der Waals surface area contributed by atoms with Gasteiger partial charge in [-0.15, -0.1) is 24.0 Å². The highest BCUT2D eigenvalue weighted by molar-refractivity contribution is 14.0. The molecule has 3 N–H and O–H groups in total. The molecule has 0 saturated heterocycles. The van der Waals surface area contributed by atoms with Crippen molar-refractivity contribution in [1.82, 2.24) is 16.0 Å². The van der Waals surface area contributed by atoms with Crippen LogP contribution < -0.4 is 20.7 Å². The number of ether oxygens (including phenoxy) is 1. The van der Waals surface area contributed by atoms with Gasteiger partial charge in [0.25, 0.3) is 5.91 Å². The maximum absolute atomic E-state index is 11.8. The fraction of sp³-hybridized carbons (Fsp3) is 0.400. The number of nitrogens with zero attached hydrogens (tertiary/aromatic N) is 1. The smallest absolute Gasteiger partial charge is 0.287 e. The molecule has 0 atom stereocenters. The van der Waals surface area contributed by atoms with E-state index in [2.05, 4.69) is 40.0 Å². The molecule has 8 heteroatoms. The fourth-order valence-corrected chi connectivity index (χ4v) is 2.41. The predicted octanol–water partition coefficient (Wildman–Crippen LogP) is 3.09. The first kappa shape index (κ1) is 23.8. The zero-order chi connectivity index (χ0) is 19.5. The van der Waals surface area contributed by atoms with Gasteiger partial charge in [0.05, 0.1) is 12.9 Å². The zero-order valence-electron chi connectivity index (χ0n) is 16.6. The van der Waals surface area contributed by atoms with Gasteiger partial charge in [-0.25, -0.2) is 0 Å². The summed E-state index contributed by atoms with van der Waals surface area (Å²) >= 11 is 0. The van der Waals surface area contributed by atoms with E-state index >= 15 is 0 Å². The Morgan fingerprint density at radius 2 is 1.96 bits per heavy atom. The van der Waals surface area contributed by atoms with Gasteiger partial charge in [-0.2, -0.15) is 0 Å². The molecule has 1 aromatic carbocycles. The summed E-state index contributed by atoms with van der Waals surface area (Å²) in [5.41, 5.74) is 2.24. The quantitative estimate of drug-likeness (QED) is 0.213. The molecular weight excluding hydrogens is 471 g/mol. The Kier molecular flexibility index (Phi) is 11.1. The molecule has 0 aliphatic heterocycles. The summed E-state index contributed by atoms with van der Waals surface area (Å²) in [5.74, 6) is 1.62. The number of amides is 1. The lowest BCUT2D eigenvalue weighted by Crippen LogP contribution is -2.41. The van der Waals surface area contributed by atoms with Crippen molar-refractivity contribution in [1.29, 1.82) is 0 Å². The van der Waals surface area contributed by atoms with Crippen LogP contribution in [0.4, 0.5) is 0 Å². The lowest BCUT2D eigenvalue weighted by atomic mass is 10.1. The first-order valence-electron chi connectivity index (χ1n) is 9.12. The Hall–Kier alpha value is -2.23. The average Bonchev–Trinajstić information content (AvgIpc) is 3.21. The van der Waals surface area contributed by atoms with E-state index in [1.54, 1.807) is 19.2 Å². The number of hydrogen-bond donors (Lipinski definition) is 3. The van der Waals surface area contributed by atoms with Crippen molar-refractivity contribution < 1.29 is 13.9 Å². The van der Waals surface area contributed by atoms with Gasteiger partial charge < -0.3 is 25.1 Å². The second-order valence-corrected chi connectivity index (χ2v) is 6.05. The summed E-state index contributed by atoms with van der Waals surface area (Å²) < 4.78 is 10.9. The van der Waals surface area contributed by atoms with Gasteiger partial charge in [0.1, 0.15) is 5.75 Å². The molecule has 0 aliphatic carbocycles. The minimum atomic E-state index is -0.234. The fourth-order valence-electron chi connectivity index (χ4n) is 2.41. The highest BCUT2D eigenvalue weighted by Gasteiger charge is 2.08. The molecule has 1 amide bonds. The lowest BCUT2D eigenvalue weighted by molar-refractivity contribution is 0.0926. The number of hydrogen-bond acceptors (Lipinski definition) is 4. The Morgan fingerprint density at radius 1 is 1.18 bits per heavy atom. The van der Waals surface area contributed by atoms with Crippen molar-refractivity contribution >= 4 is 35.8 Å². The first-order valence-corrected chi connectivity index (χ1v) is 9.12. The normalized spacial score (nSPS) is 10.8. The van der Waals surface area contributed by atoms with E-state index in [-0.39, 0.29) is 29.9 Å². The van der Waals surface area contributed by atoms with E-state index in [0.29, 0.717) is 38.0 Å². The monoisotopic (exact) mass is 500 g/mol. The van der Waals surface area contributed by atoms with Crippen LogP contribution in [0.3, 0.4) is 0 Å². The van der Waals surface area contributed by atoms with Crippen LogP contribution in [0.5, 0.6) is 5.75 Å². The number of aliphatic imine (C=N–C) groups is 1. The summed E-state index contributed by atoms with van der Waals surface area (Å²) in [6.45, 7) is 6.42. The molecule has 1 aromatic heterocycles. The maximum atomic E-state index is 11.8. The molecule has 154 valence electrons. The summed E-state index contributed by atoms with van der Waals surface area (Å²) in [7, 11) is 1.71. The lowest BCUT2D eigenvalue weighted by Gasteiger charge is -2.15. The number of benzene rings is 1. The molecule has 0 saturated carbocycles. The van der Waals surface area contributed by atoms with Gasteiger partial charge >= 0.3 is 0 Å². The summed E-state index contributed by atoms with van der Waals surface area (Å²) in [6.07, 6.45) is 2.44. The second-order valence-electron chi connectivity index (χ2n) is 6.05. The molecule has 0 aliphatic rings. The topological polar surface area (TPSA) is 87.9 Å². The van der Waals surface area contributed by atoms with Crippen LogP contribution >= 0.6 is 24.0 Å². The molecule has 1 heterocycles. The number of halogens is 1. The molecule has 28 heavy (non-hydrogen) atoms. The van der Waals surface area contributed by atoms with Gasteiger partial charge in [0, 0.05) is 32.2 Å².